The minimum Gasteiger partial charge on any atom is -0.322 e. The maximum absolute atomic E-state index is 13.3. The maximum atomic E-state index is 13.3. The molecule has 0 spiro atoms. The van der Waals surface area contributed by atoms with Crippen LogP contribution in [-0.2, 0) is 0 Å². The molecule has 0 saturated heterocycles. The zero-order chi connectivity index (χ0) is 12.5. The van der Waals surface area contributed by atoms with E-state index in [0.29, 0.717) is 0 Å². The highest BCUT2D eigenvalue weighted by Gasteiger charge is 2.42. The van der Waals surface area contributed by atoms with Gasteiger partial charge in [0.1, 0.15) is 5.82 Å². The van der Waals surface area contributed by atoms with Crippen molar-refractivity contribution in [1.29, 1.82) is 0 Å². The first-order chi connectivity index (χ1) is 8.06. The largest absolute Gasteiger partial charge is 0.322 e. The van der Waals surface area contributed by atoms with E-state index in [1.165, 1.54) is 18.9 Å². The van der Waals surface area contributed by atoms with Gasteiger partial charge in [-0.25, -0.2) is 4.39 Å². The Kier molecular flexibility index (Phi) is 3.50. The van der Waals surface area contributed by atoms with Crippen molar-refractivity contribution in [2.75, 3.05) is 14.1 Å². The summed E-state index contributed by atoms with van der Waals surface area (Å²) >= 11 is 0. The Morgan fingerprint density at radius 1 is 1.29 bits per heavy atom. The van der Waals surface area contributed by atoms with E-state index in [2.05, 4.69) is 19.0 Å². The summed E-state index contributed by atoms with van der Waals surface area (Å²) in [6.07, 6.45) is 4.61. The average Bonchev–Trinajstić information content (AvgIpc) is 2.78. The van der Waals surface area contributed by atoms with Gasteiger partial charge >= 0.3 is 0 Å². The van der Waals surface area contributed by atoms with Gasteiger partial charge in [0.25, 0.3) is 0 Å². The fourth-order valence-electron chi connectivity index (χ4n) is 3.03. The monoisotopic (exact) mass is 236 g/mol. The summed E-state index contributed by atoms with van der Waals surface area (Å²) in [4.78, 5) is 2.22. The normalized spacial score (nSPS) is 20.8. The number of nitrogens with zero attached hydrogens (tertiary/aromatic N) is 1. The fourth-order valence-corrected chi connectivity index (χ4v) is 3.03. The smallest absolute Gasteiger partial charge is 0.123 e. The van der Waals surface area contributed by atoms with Crippen LogP contribution in [0.1, 0.15) is 37.3 Å². The molecule has 3 heteroatoms. The summed E-state index contributed by atoms with van der Waals surface area (Å²) in [6.45, 7) is 0. The zero-order valence-electron chi connectivity index (χ0n) is 10.6. The van der Waals surface area contributed by atoms with Crippen LogP contribution in [0.2, 0.25) is 0 Å². The van der Waals surface area contributed by atoms with Gasteiger partial charge in [-0.05, 0) is 44.6 Å². The van der Waals surface area contributed by atoms with Crippen LogP contribution in [0.5, 0.6) is 0 Å². The Hall–Kier alpha value is -0.930. The van der Waals surface area contributed by atoms with E-state index in [9.17, 15) is 4.39 Å². The van der Waals surface area contributed by atoms with Gasteiger partial charge in [-0.3, -0.25) is 0 Å². The molecule has 1 atom stereocenters. The first-order valence-corrected chi connectivity index (χ1v) is 6.25. The summed E-state index contributed by atoms with van der Waals surface area (Å²) < 4.78 is 13.3. The van der Waals surface area contributed by atoms with Crippen molar-refractivity contribution in [2.24, 2.45) is 5.73 Å². The Morgan fingerprint density at radius 2 is 1.94 bits per heavy atom. The van der Waals surface area contributed by atoms with Crippen molar-refractivity contribution in [3.8, 4) is 0 Å². The second-order valence-electron chi connectivity index (χ2n) is 5.24. The van der Waals surface area contributed by atoms with Crippen LogP contribution in [0.4, 0.5) is 4.39 Å². The molecule has 1 aromatic rings. The third-order valence-electron chi connectivity index (χ3n) is 4.15. The number of hydrogen-bond acceptors (Lipinski definition) is 2. The molecule has 1 unspecified atom stereocenters. The minimum absolute atomic E-state index is 0.00616. The van der Waals surface area contributed by atoms with Crippen LogP contribution in [-0.4, -0.2) is 24.5 Å². The van der Waals surface area contributed by atoms with E-state index in [1.54, 1.807) is 12.1 Å². The topological polar surface area (TPSA) is 29.3 Å². The predicted molar refractivity (Wildman–Crippen MR) is 68.2 cm³/mol. The Labute approximate surface area is 103 Å². The molecular formula is C14H21FN2. The molecular weight excluding hydrogens is 215 g/mol. The number of rotatable bonds is 3. The van der Waals surface area contributed by atoms with Crippen molar-refractivity contribution in [2.45, 2.75) is 37.3 Å². The number of benzene rings is 1. The number of hydrogen-bond donors (Lipinski definition) is 1. The molecule has 94 valence electrons. The second-order valence-corrected chi connectivity index (χ2v) is 5.24. The first kappa shape index (κ1) is 12.5. The lowest BCUT2D eigenvalue weighted by atomic mass is 9.83. The summed E-state index contributed by atoms with van der Waals surface area (Å²) in [6, 6.07) is 6.58. The molecule has 2 N–H and O–H groups in total. The van der Waals surface area contributed by atoms with Crippen LogP contribution >= 0.6 is 0 Å². The Morgan fingerprint density at radius 3 is 2.47 bits per heavy atom. The summed E-state index contributed by atoms with van der Waals surface area (Å²) in [7, 11) is 4.15. The number of halogens is 1. The highest BCUT2D eigenvalue weighted by atomic mass is 19.1. The second kappa shape index (κ2) is 4.75. The third kappa shape index (κ3) is 2.22. The maximum Gasteiger partial charge on any atom is 0.123 e. The molecule has 1 aliphatic rings. The van der Waals surface area contributed by atoms with Crippen LogP contribution < -0.4 is 5.73 Å². The highest BCUT2D eigenvalue weighted by molar-refractivity contribution is 5.24. The van der Waals surface area contributed by atoms with Crippen molar-refractivity contribution < 1.29 is 4.39 Å². The van der Waals surface area contributed by atoms with E-state index in [4.69, 9.17) is 5.73 Å². The van der Waals surface area contributed by atoms with E-state index >= 15 is 0 Å². The summed E-state index contributed by atoms with van der Waals surface area (Å²) in [5.74, 6) is -0.204. The average molecular weight is 236 g/mol. The van der Waals surface area contributed by atoms with Gasteiger partial charge in [-0.1, -0.05) is 25.0 Å². The van der Waals surface area contributed by atoms with Gasteiger partial charge in [-0.15, -0.1) is 0 Å². The van der Waals surface area contributed by atoms with Crippen LogP contribution in [0.3, 0.4) is 0 Å². The van der Waals surface area contributed by atoms with Crippen molar-refractivity contribution >= 4 is 0 Å². The number of nitrogens with two attached hydrogens (primary N) is 1. The zero-order valence-corrected chi connectivity index (χ0v) is 10.6. The van der Waals surface area contributed by atoms with Crippen LogP contribution in [0.15, 0.2) is 24.3 Å². The SMILES string of the molecule is CN(C)C1(C(N)c2cccc(F)c2)CCCC1. The third-order valence-corrected chi connectivity index (χ3v) is 4.15. The molecule has 0 radical (unpaired) electrons. The lowest BCUT2D eigenvalue weighted by Gasteiger charge is -2.41. The quantitative estimate of drug-likeness (QED) is 0.874. The molecule has 0 heterocycles. The van der Waals surface area contributed by atoms with Gasteiger partial charge in [0.2, 0.25) is 0 Å². The standard InChI is InChI=1S/C14H21FN2/c1-17(2)14(8-3-4-9-14)13(16)11-6-5-7-12(15)10-11/h5-7,10,13H,3-4,8-9,16H2,1-2H3. The van der Waals surface area contributed by atoms with Crippen LogP contribution in [0, 0.1) is 5.82 Å². The Balaban J connectivity index is 2.31. The van der Waals surface area contributed by atoms with Crippen molar-refractivity contribution in [1.82, 2.24) is 4.90 Å². The fraction of sp³-hybridized carbons (Fsp3) is 0.571. The molecule has 2 rings (SSSR count). The lowest BCUT2D eigenvalue weighted by molar-refractivity contribution is 0.123. The first-order valence-electron chi connectivity index (χ1n) is 6.25. The van der Waals surface area contributed by atoms with Crippen molar-refractivity contribution in [3.63, 3.8) is 0 Å². The molecule has 1 fully saturated rings. The van der Waals surface area contributed by atoms with Gasteiger partial charge in [0, 0.05) is 11.6 Å². The van der Waals surface area contributed by atoms with Crippen molar-refractivity contribution in [3.05, 3.63) is 35.6 Å². The van der Waals surface area contributed by atoms with Crippen LogP contribution in [0.25, 0.3) is 0 Å². The molecule has 1 aromatic carbocycles. The highest BCUT2D eigenvalue weighted by Crippen LogP contribution is 2.42. The van der Waals surface area contributed by atoms with Gasteiger partial charge in [0.05, 0.1) is 0 Å². The van der Waals surface area contributed by atoms with Gasteiger partial charge in [0.15, 0.2) is 0 Å². The van der Waals surface area contributed by atoms with E-state index < -0.39 is 0 Å². The van der Waals surface area contributed by atoms with E-state index in [-0.39, 0.29) is 17.4 Å². The molecule has 1 saturated carbocycles. The molecule has 17 heavy (non-hydrogen) atoms. The molecule has 0 aliphatic heterocycles. The minimum atomic E-state index is -0.204. The Bertz CT molecular complexity index is 384. The summed E-state index contributed by atoms with van der Waals surface area (Å²) in [5.41, 5.74) is 7.29. The van der Waals surface area contributed by atoms with Gasteiger partial charge in [-0.2, -0.15) is 0 Å². The predicted octanol–water partition coefficient (Wildman–Crippen LogP) is 2.70. The molecule has 0 aromatic heterocycles. The molecule has 0 bridgehead atoms. The molecule has 0 amide bonds. The molecule has 2 nitrogen and oxygen atoms in total. The molecule has 1 aliphatic carbocycles. The van der Waals surface area contributed by atoms with Gasteiger partial charge < -0.3 is 10.6 Å². The summed E-state index contributed by atoms with van der Waals surface area (Å²) in [5, 5.41) is 0. The number of likely N-dealkylation sites (N-methyl/N-ethyl adjacent to an activating group) is 1. The lowest BCUT2D eigenvalue weighted by Crippen LogP contribution is -2.50. The van der Waals surface area contributed by atoms with E-state index in [0.717, 1.165) is 18.4 Å². The van der Waals surface area contributed by atoms with E-state index in [1.807, 2.05) is 6.07 Å².